The summed E-state index contributed by atoms with van der Waals surface area (Å²) in [5.41, 5.74) is 1.14. The molecule has 0 aromatic heterocycles. The van der Waals surface area contributed by atoms with Gasteiger partial charge in [-0.3, -0.25) is 9.69 Å². The van der Waals surface area contributed by atoms with Crippen molar-refractivity contribution < 1.29 is 9.53 Å². The minimum atomic E-state index is -0.162. The lowest BCUT2D eigenvalue weighted by Gasteiger charge is -2.34. The summed E-state index contributed by atoms with van der Waals surface area (Å²) in [4.78, 5) is 14.0. The molecule has 2 rings (SSSR count). The largest absolute Gasteiger partial charge is 0.469 e. The Balaban J connectivity index is 0.00000200. The molecule has 112 valence electrons. The second-order valence-electron chi connectivity index (χ2n) is 4.94. The van der Waals surface area contributed by atoms with Crippen LogP contribution in [0, 0.1) is 0 Å². The van der Waals surface area contributed by atoms with Crippen LogP contribution in [0.5, 0.6) is 0 Å². The van der Waals surface area contributed by atoms with Crippen molar-refractivity contribution >= 4 is 30.0 Å². The molecule has 1 fully saturated rings. The molecule has 1 aromatic carbocycles. The molecule has 0 saturated carbocycles. The number of benzene rings is 1. The summed E-state index contributed by atoms with van der Waals surface area (Å²) in [7, 11) is 1.44. The highest BCUT2D eigenvalue weighted by Gasteiger charge is 2.24. The fraction of sp³-hybridized carbons (Fsp3) is 0.533. The first-order valence-corrected chi connectivity index (χ1v) is 7.15. The van der Waals surface area contributed by atoms with E-state index in [-0.39, 0.29) is 24.4 Å². The van der Waals surface area contributed by atoms with Gasteiger partial charge in [0.25, 0.3) is 0 Å². The molecule has 0 spiro atoms. The fourth-order valence-corrected chi connectivity index (χ4v) is 2.74. The van der Waals surface area contributed by atoms with Gasteiger partial charge >= 0.3 is 5.97 Å². The Morgan fingerprint density at radius 3 is 2.40 bits per heavy atom. The maximum absolute atomic E-state index is 11.6. The highest BCUT2D eigenvalue weighted by Crippen LogP contribution is 2.28. The standard InChI is InChI=1S/C15H20ClNO2.ClH/c1-19-15(18)11-14(17-9-3-2-4-10-17)12-5-7-13(16)8-6-12;/h5-8,14H,2-4,9-11H2,1H3;1H. The molecule has 1 aliphatic heterocycles. The van der Waals surface area contributed by atoms with E-state index in [2.05, 4.69) is 4.90 Å². The van der Waals surface area contributed by atoms with Gasteiger partial charge < -0.3 is 4.74 Å². The molecule has 1 atom stereocenters. The molecule has 1 heterocycles. The molecule has 0 amide bonds. The first-order valence-electron chi connectivity index (χ1n) is 6.77. The third kappa shape index (κ3) is 4.65. The summed E-state index contributed by atoms with van der Waals surface area (Å²) >= 11 is 5.93. The molecule has 1 aliphatic rings. The lowest BCUT2D eigenvalue weighted by molar-refractivity contribution is -0.142. The number of piperidine rings is 1. The molecule has 0 radical (unpaired) electrons. The van der Waals surface area contributed by atoms with Crippen LogP contribution in [0.1, 0.15) is 37.3 Å². The van der Waals surface area contributed by atoms with Gasteiger partial charge in [0.2, 0.25) is 0 Å². The maximum atomic E-state index is 11.6. The van der Waals surface area contributed by atoms with Gasteiger partial charge in [-0.25, -0.2) is 0 Å². The number of likely N-dealkylation sites (tertiary alicyclic amines) is 1. The molecule has 1 aromatic rings. The first kappa shape index (κ1) is 17.3. The van der Waals surface area contributed by atoms with Crippen molar-refractivity contribution in [1.29, 1.82) is 0 Å². The van der Waals surface area contributed by atoms with Gasteiger partial charge in [-0.15, -0.1) is 12.4 Å². The predicted octanol–water partition coefficient (Wildman–Crippen LogP) is 3.85. The minimum absolute atomic E-state index is 0. The van der Waals surface area contributed by atoms with Gasteiger partial charge in [-0.1, -0.05) is 30.2 Å². The zero-order valence-corrected chi connectivity index (χ0v) is 13.3. The number of methoxy groups -OCH3 is 1. The smallest absolute Gasteiger partial charge is 0.307 e. The average molecular weight is 318 g/mol. The number of hydrogen-bond donors (Lipinski definition) is 0. The molecule has 0 aliphatic carbocycles. The van der Waals surface area contributed by atoms with Crippen molar-refractivity contribution in [2.24, 2.45) is 0 Å². The van der Waals surface area contributed by atoms with E-state index in [0.29, 0.717) is 6.42 Å². The summed E-state index contributed by atoms with van der Waals surface area (Å²) in [6.07, 6.45) is 4.08. The van der Waals surface area contributed by atoms with E-state index >= 15 is 0 Å². The zero-order valence-electron chi connectivity index (χ0n) is 11.7. The Morgan fingerprint density at radius 2 is 1.85 bits per heavy atom. The van der Waals surface area contributed by atoms with E-state index in [0.717, 1.165) is 23.7 Å². The maximum Gasteiger partial charge on any atom is 0.307 e. The number of esters is 1. The van der Waals surface area contributed by atoms with Crippen molar-refractivity contribution in [2.45, 2.75) is 31.7 Å². The van der Waals surface area contributed by atoms with Crippen LogP contribution in [0.15, 0.2) is 24.3 Å². The Bertz CT molecular complexity index is 416. The number of carbonyl (C=O) groups is 1. The Hall–Kier alpha value is -0.770. The van der Waals surface area contributed by atoms with Gasteiger partial charge in [-0.2, -0.15) is 0 Å². The molecule has 20 heavy (non-hydrogen) atoms. The van der Waals surface area contributed by atoms with Crippen LogP contribution in [0.3, 0.4) is 0 Å². The molecule has 1 saturated heterocycles. The minimum Gasteiger partial charge on any atom is -0.469 e. The number of halogens is 2. The third-order valence-corrected chi connectivity index (χ3v) is 3.93. The molecule has 1 unspecified atom stereocenters. The topological polar surface area (TPSA) is 29.5 Å². The SMILES string of the molecule is COC(=O)CC(c1ccc(Cl)cc1)N1CCCCC1.Cl. The second-order valence-corrected chi connectivity index (χ2v) is 5.38. The number of rotatable bonds is 4. The number of nitrogens with zero attached hydrogens (tertiary/aromatic N) is 1. The van der Waals surface area contributed by atoms with Gasteiger partial charge in [-0.05, 0) is 43.6 Å². The van der Waals surface area contributed by atoms with E-state index in [4.69, 9.17) is 16.3 Å². The van der Waals surface area contributed by atoms with E-state index < -0.39 is 0 Å². The van der Waals surface area contributed by atoms with E-state index in [1.54, 1.807) is 0 Å². The average Bonchev–Trinajstić information content (AvgIpc) is 2.46. The molecule has 0 N–H and O–H groups in total. The van der Waals surface area contributed by atoms with Crippen molar-refractivity contribution in [3.05, 3.63) is 34.9 Å². The molecular weight excluding hydrogens is 297 g/mol. The lowest BCUT2D eigenvalue weighted by Crippen LogP contribution is -2.35. The normalized spacial score (nSPS) is 17.1. The van der Waals surface area contributed by atoms with Crippen LogP contribution in [0.2, 0.25) is 5.02 Å². The first-order chi connectivity index (χ1) is 9.20. The number of ether oxygens (including phenoxy) is 1. The van der Waals surface area contributed by atoms with E-state index in [1.807, 2.05) is 24.3 Å². The fourth-order valence-electron chi connectivity index (χ4n) is 2.61. The third-order valence-electron chi connectivity index (χ3n) is 3.67. The van der Waals surface area contributed by atoms with Crippen molar-refractivity contribution in [3.8, 4) is 0 Å². The Kier molecular flexibility index (Phi) is 7.35. The van der Waals surface area contributed by atoms with Crippen LogP contribution in [0.25, 0.3) is 0 Å². The molecule has 5 heteroatoms. The van der Waals surface area contributed by atoms with Gasteiger partial charge in [0, 0.05) is 11.1 Å². The summed E-state index contributed by atoms with van der Waals surface area (Å²) in [6.45, 7) is 2.09. The van der Waals surface area contributed by atoms with E-state index in [9.17, 15) is 4.79 Å². The van der Waals surface area contributed by atoms with Gasteiger partial charge in [0.1, 0.15) is 0 Å². The summed E-state index contributed by atoms with van der Waals surface area (Å²) in [5, 5.41) is 0.721. The molecule has 3 nitrogen and oxygen atoms in total. The summed E-state index contributed by atoms with van der Waals surface area (Å²) < 4.78 is 4.83. The highest BCUT2D eigenvalue weighted by atomic mass is 35.5. The van der Waals surface area contributed by atoms with Crippen molar-refractivity contribution in [2.75, 3.05) is 20.2 Å². The van der Waals surface area contributed by atoms with Crippen LogP contribution in [-0.4, -0.2) is 31.1 Å². The van der Waals surface area contributed by atoms with Crippen LogP contribution in [0.4, 0.5) is 0 Å². The Labute approximate surface area is 131 Å². The zero-order chi connectivity index (χ0) is 13.7. The number of hydrogen-bond acceptors (Lipinski definition) is 3. The lowest BCUT2D eigenvalue weighted by atomic mass is 9.99. The van der Waals surface area contributed by atoms with Crippen molar-refractivity contribution in [1.82, 2.24) is 4.90 Å². The van der Waals surface area contributed by atoms with Crippen LogP contribution < -0.4 is 0 Å². The second kappa shape index (κ2) is 8.50. The van der Waals surface area contributed by atoms with Gasteiger partial charge in [0.15, 0.2) is 0 Å². The predicted molar refractivity (Wildman–Crippen MR) is 83.5 cm³/mol. The number of carbonyl (C=O) groups excluding carboxylic acids is 1. The van der Waals surface area contributed by atoms with Crippen LogP contribution >= 0.6 is 24.0 Å². The Morgan fingerprint density at radius 1 is 1.25 bits per heavy atom. The molecular formula is C15H21Cl2NO2. The monoisotopic (exact) mass is 317 g/mol. The van der Waals surface area contributed by atoms with Gasteiger partial charge in [0.05, 0.1) is 13.5 Å². The molecule has 0 bridgehead atoms. The van der Waals surface area contributed by atoms with Crippen molar-refractivity contribution in [3.63, 3.8) is 0 Å². The quantitative estimate of drug-likeness (QED) is 0.790. The van der Waals surface area contributed by atoms with E-state index in [1.165, 1.54) is 26.4 Å². The summed E-state index contributed by atoms with van der Waals surface area (Å²) in [6, 6.07) is 7.87. The van der Waals surface area contributed by atoms with Crippen LogP contribution in [-0.2, 0) is 9.53 Å². The summed E-state index contributed by atoms with van der Waals surface area (Å²) in [5.74, 6) is -0.162. The highest BCUT2D eigenvalue weighted by molar-refractivity contribution is 6.30.